The molecule has 2 heteroatoms. The van der Waals surface area contributed by atoms with Gasteiger partial charge in [0.25, 0.3) is 0 Å². The molecular formula is C14H24N2. The highest BCUT2D eigenvalue weighted by Gasteiger charge is 2.16. The summed E-state index contributed by atoms with van der Waals surface area (Å²) in [6, 6.07) is 8.49. The number of aryl methyl sites for hydroxylation is 1. The fraction of sp³-hybridized carbons (Fsp3) is 0.571. The molecule has 0 heterocycles. The average molecular weight is 220 g/mol. The predicted molar refractivity (Wildman–Crippen MR) is 71.9 cm³/mol. The number of hydrogen-bond donors (Lipinski definition) is 1. The molecule has 0 atom stereocenters. The SMILES string of the molecule is Cc1ccccc1N(C)CCC(C)(C)CN. The van der Waals surface area contributed by atoms with Crippen LogP contribution in [0.1, 0.15) is 25.8 Å². The first-order valence-electron chi connectivity index (χ1n) is 5.93. The number of benzene rings is 1. The van der Waals surface area contributed by atoms with Gasteiger partial charge in [-0.3, -0.25) is 0 Å². The van der Waals surface area contributed by atoms with Gasteiger partial charge in [0.1, 0.15) is 0 Å². The molecule has 0 aliphatic carbocycles. The van der Waals surface area contributed by atoms with Gasteiger partial charge in [0, 0.05) is 19.3 Å². The topological polar surface area (TPSA) is 29.3 Å². The summed E-state index contributed by atoms with van der Waals surface area (Å²) < 4.78 is 0. The van der Waals surface area contributed by atoms with E-state index in [4.69, 9.17) is 5.73 Å². The van der Waals surface area contributed by atoms with E-state index >= 15 is 0 Å². The second-order valence-corrected chi connectivity index (χ2v) is 5.33. The lowest BCUT2D eigenvalue weighted by Gasteiger charge is -2.28. The van der Waals surface area contributed by atoms with Gasteiger partial charge in [-0.1, -0.05) is 32.0 Å². The molecule has 2 N–H and O–H groups in total. The van der Waals surface area contributed by atoms with Crippen LogP contribution >= 0.6 is 0 Å². The van der Waals surface area contributed by atoms with Gasteiger partial charge in [-0.15, -0.1) is 0 Å². The van der Waals surface area contributed by atoms with Crippen molar-refractivity contribution in [1.29, 1.82) is 0 Å². The first-order chi connectivity index (χ1) is 7.46. The van der Waals surface area contributed by atoms with E-state index in [1.165, 1.54) is 11.3 Å². The number of para-hydroxylation sites is 1. The highest BCUT2D eigenvalue weighted by atomic mass is 15.1. The van der Waals surface area contributed by atoms with E-state index in [2.05, 4.69) is 57.0 Å². The largest absolute Gasteiger partial charge is 0.374 e. The van der Waals surface area contributed by atoms with Crippen LogP contribution in [0.4, 0.5) is 5.69 Å². The normalized spacial score (nSPS) is 11.6. The lowest BCUT2D eigenvalue weighted by Crippen LogP contribution is -2.30. The fourth-order valence-electron chi connectivity index (χ4n) is 1.68. The maximum atomic E-state index is 5.74. The van der Waals surface area contributed by atoms with Gasteiger partial charge in [-0.2, -0.15) is 0 Å². The number of anilines is 1. The van der Waals surface area contributed by atoms with Crippen molar-refractivity contribution in [3.8, 4) is 0 Å². The molecule has 0 aliphatic rings. The minimum atomic E-state index is 0.233. The Hall–Kier alpha value is -1.02. The monoisotopic (exact) mass is 220 g/mol. The third kappa shape index (κ3) is 3.53. The number of nitrogens with two attached hydrogens (primary N) is 1. The third-order valence-corrected chi connectivity index (χ3v) is 3.20. The minimum Gasteiger partial charge on any atom is -0.374 e. The van der Waals surface area contributed by atoms with Crippen LogP contribution < -0.4 is 10.6 Å². The lowest BCUT2D eigenvalue weighted by molar-refractivity contribution is 0.351. The maximum absolute atomic E-state index is 5.74. The van der Waals surface area contributed by atoms with Crippen LogP contribution in [-0.2, 0) is 0 Å². The van der Waals surface area contributed by atoms with E-state index in [9.17, 15) is 0 Å². The van der Waals surface area contributed by atoms with Gasteiger partial charge < -0.3 is 10.6 Å². The summed E-state index contributed by atoms with van der Waals surface area (Å²) in [5.41, 5.74) is 8.62. The molecule has 0 spiro atoms. The van der Waals surface area contributed by atoms with Crippen molar-refractivity contribution in [1.82, 2.24) is 0 Å². The van der Waals surface area contributed by atoms with E-state index < -0.39 is 0 Å². The second kappa shape index (κ2) is 5.35. The Morgan fingerprint density at radius 2 is 1.88 bits per heavy atom. The Balaban J connectivity index is 2.60. The van der Waals surface area contributed by atoms with Gasteiger partial charge in [0.15, 0.2) is 0 Å². The second-order valence-electron chi connectivity index (χ2n) is 5.33. The Morgan fingerprint density at radius 1 is 1.25 bits per heavy atom. The molecule has 90 valence electrons. The van der Waals surface area contributed by atoms with E-state index in [1.807, 2.05) is 0 Å². The molecular weight excluding hydrogens is 196 g/mol. The minimum absolute atomic E-state index is 0.233. The summed E-state index contributed by atoms with van der Waals surface area (Å²) in [4.78, 5) is 2.31. The molecule has 16 heavy (non-hydrogen) atoms. The number of hydrogen-bond acceptors (Lipinski definition) is 2. The van der Waals surface area contributed by atoms with E-state index in [1.54, 1.807) is 0 Å². The highest BCUT2D eigenvalue weighted by Crippen LogP contribution is 2.22. The molecule has 0 radical (unpaired) electrons. The predicted octanol–water partition coefficient (Wildman–Crippen LogP) is 2.81. The van der Waals surface area contributed by atoms with Gasteiger partial charge >= 0.3 is 0 Å². The Bertz CT molecular complexity index is 331. The molecule has 1 aromatic carbocycles. The number of rotatable bonds is 5. The van der Waals surface area contributed by atoms with Gasteiger partial charge in [0.05, 0.1) is 0 Å². The van der Waals surface area contributed by atoms with Crippen molar-refractivity contribution in [3.63, 3.8) is 0 Å². The van der Waals surface area contributed by atoms with E-state index in [0.717, 1.165) is 19.5 Å². The third-order valence-electron chi connectivity index (χ3n) is 3.20. The van der Waals surface area contributed by atoms with E-state index in [-0.39, 0.29) is 5.41 Å². The average Bonchev–Trinajstić information content (AvgIpc) is 2.27. The summed E-state index contributed by atoms with van der Waals surface area (Å²) in [6.07, 6.45) is 1.12. The zero-order chi connectivity index (χ0) is 12.2. The summed E-state index contributed by atoms with van der Waals surface area (Å²) in [5.74, 6) is 0. The van der Waals surface area contributed by atoms with Crippen LogP contribution in [0.15, 0.2) is 24.3 Å². The van der Waals surface area contributed by atoms with Crippen LogP contribution in [0.25, 0.3) is 0 Å². The highest BCUT2D eigenvalue weighted by molar-refractivity contribution is 5.52. The molecule has 0 amide bonds. The van der Waals surface area contributed by atoms with Crippen molar-refractivity contribution in [2.24, 2.45) is 11.1 Å². The quantitative estimate of drug-likeness (QED) is 0.826. The summed E-state index contributed by atoms with van der Waals surface area (Å²) in [7, 11) is 2.15. The molecule has 0 fully saturated rings. The first kappa shape index (κ1) is 13.0. The van der Waals surface area contributed by atoms with Crippen LogP contribution in [-0.4, -0.2) is 20.1 Å². The van der Waals surface area contributed by atoms with Gasteiger partial charge in [-0.05, 0) is 36.9 Å². The van der Waals surface area contributed by atoms with Gasteiger partial charge in [0.2, 0.25) is 0 Å². The van der Waals surface area contributed by atoms with Crippen molar-refractivity contribution in [3.05, 3.63) is 29.8 Å². The zero-order valence-electron chi connectivity index (χ0n) is 11.0. The van der Waals surface area contributed by atoms with Gasteiger partial charge in [-0.25, -0.2) is 0 Å². The van der Waals surface area contributed by atoms with Crippen LogP contribution in [0.3, 0.4) is 0 Å². The van der Waals surface area contributed by atoms with Crippen molar-refractivity contribution in [2.75, 3.05) is 25.0 Å². The van der Waals surface area contributed by atoms with Crippen LogP contribution in [0.2, 0.25) is 0 Å². The summed E-state index contributed by atoms with van der Waals surface area (Å²) in [6.45, 7) is 8.39. The first-order valence-corrected chi connectivity index (χ1v) is 5.93. The standard InChI is InChI=1S/C14H24N2/c1-12-7-5-6-8-13(12)16(4)10-9-14(2,3)11-15/h5-8H,9-11,15H2,1-4H3. The van der Waals surface area contributed by atoms with Crippen molar-refractivity contribution < 1.29 is 0 Å². The summed E-state index contributed by atoms with van der Waals surface area (Å²) >= 11 is 0. The molecule has 0 saturated carbocycles. The molecule has 0 saturated heterocycles. The molecule has 0 aliphatic heterocycles. The summed E-state index contributed by atoms with van der Waals surface area (Å²) in [5, 5.41) is 0. The Kier molecular flexibility index (Phi) is 4.36. The lowest BCUT2D eigenvalue weighted by atomic mass is 9.89. The van der Waals surface area contributed by atoms with Crippen LogP contribution in [0.5, 0.6) is 0 Å². The zero-order valence-corrected chi connectivity index (χ0v) is 11.0. The fourth-order valence-corrected chi connectivity index (χ4v) is 1.68. The Morgan fingerprint density at radius 3 is 2.44 bits per heavy atom. The molecule has 2 nitrogen and oxygen atoms in total. The molecule has 0 bridgehead atoms. The Labute approximate surface area is 99.5 Å². The molecule has 1 rings (SSSR count). The van der Waals surface area contributed by atoms with Crippen molar-refractivity contribution >= 4 is 5.69 Å². The smallest absolute Gasteiger partial charge is 0.0393 e. The van der Waals surface area contributed by atoms with E-state index in [0.29, 0.717) is 0 Å². The van der Waals surface area contributed by atoms with Crippen molar-refractivity contribution in [2.45, 2.75) is 27.2 Å². The molecule has 1 aromatic rings. The number of nitrogens with zero attached hydrogens (tertiary/aromatic N) is 1. The van der Waals surface area contributed by atoms with Crippen LogP contribution in [0, 0.1) is 12.3 Å². The molecule has 0 aromatic heterocycles. The maximum Gasteiger partial charge on any atom is 0.0393 e. The molecule has 0 unspecified atom stereocenters.